The molecule has 0 atom stereocenters. The molecular weight excluding hydrogens is 176 g/mol. The molecule has 0 spiro atoms. The van der Waals surface area contributed by atoms with Crippen molar-refractivity contribution in [2.75, 3.05) is 20.6 Å². The van der Waals surface area contributed by atoms with Crippen LogP contribution < -0.4 is 0 Å². The molecule has 3 heteroatoms. The Morgan fingerprint density at radius 3 is 2.71 bits per heavy atom. The Morgan fingerprint density at radius 2 is 2.21 bits per heavy atom. The van der Waals surface area contributed by atoms with Gasteiger partial charge in [-0.25, -0.2) is 0 Å². The third-order valence-corrected chi connectivity index (χ3v) is 3.16. The number of hydrogen-bond donors (Lipinski definition) is 0. The molecule has 1 aliphatic heterocycles. The van der Waals surface area contributed by atoms with Gasteiger partial charge in [-0.15, -0.1) is 0 Å². The van der Waals surface area contributed by atoms with Gasteiger partial charge in [0.15, 0.2) is 0 Å². The quantitative estimate of drug-likeness (QED) is 0.660. The summed E-state index contributed by atoms with van der Waals surface area (Å²) < 4.78 is 0. The van der Waals surface area contributed by atoms with Gasteiger partial charge in [0.25, 0.3) is 5.91 Å². The zero-order chi connectivity index (χ0) is 10.1. The highest BCUT2D eigenvalue weighted by molar-refractivity contribution is 5.92. The highest BCUT2D eigenvalue weighted by Crippen LogP contribution is 2.31. The lowest BCUT2D eigenvalue weighted by molar-refractivity contribution is -0.126. The minimum atomic E-state index is 0.161. The molecule has 0 radical (unpaired) electrons. The maximum Gasteiger partial charge on any atom is 0.269 e. The van der Waals surface area contributed by atoms with Crippen molar-refractivity contribution in [1.82, 2.24) is 9.80 Å². The van der Waals surface area contributed by atoms with Crippen LogP contribution >= 0.6 is 0 Å². The van der Waals surface area contributed by atoms with Crippen LogP contribution in [0.5, 0.6) is 0 Å². The fourth-order valence-electron chi connectivity index (χ4n) is 2.09. The maximum atomic E-state index is 11.8. The highest BCUT2D eigenvalue weighted by atomic mass is 16.2. The summed E-state index contributed by atoms with van der Waals surface area (Å²) in [6.07, 6.45) is 6.97. The molecule has 0 bridgehead atoms. The summed E-state index contributed by atoms with van der Waals surface area (Å²) in [6.45, 7) is 1.04. The molecule has 2 aliphatic rings. The Hall–Kier alpha value is -0.990. The lowest BCUT2D eigenvalue weighted by Crippen LogP contribution is -2.42. The predicted octanol–water partition coefficient (Wildman–Crippen LogP) is 1.22. The van der Waals surface area contributed by atoms with Gasteiger partial charge in [0.2, 0.25) is 0 Å². The molecule has 2 rings (SSSR count). The SMILES string of the molecule is CN(C)C(=O)C1=CCCN1C1CCC1. The molecule has 0 aromatic rings. The van der Waals surface area contributed by atoms with Crippen LogP contribution in [0.1, 0.15) is 25.7 Å². The zero-order valence-electron chi connectivity index (χ0n) is 8.99. The summed E-state index contributed by atoms with van der Waals surface area (Å²) in [5.41, 5.74) is 0.930. The molecule has 14 heavy (non-hydrogen) atoms. The van der Waals surface area contributed by atoms with Gasteiger partial charge in [0.1, 0.15) is 0 Å². The van der Waals surface area contributed by atoms with Crippen molar-refractivity contribution < 1.29 is 4.79 Å². The summed E-state index contributed by atoms with van der Waals surface area (Å²) in [5, 5.41) is 0. The van der Waals surface area contributed by atoms with Crippen LogP contribution in [0.4, 0.5) is 0 Å². The van der Waals surface area contributed by atoms with Gasteiger partial charge in [0, 0.05) is 26.7 Å². The summed E-state index contributed by atoms with van der Waals surface area (Å²) in [5.74, 6) is 0.161. The summed E-state index contributed by atoms with van der Waals surface area (Å²) in [7, 11) is 3.64. The third-order valence-electron chi connectivity index (χ3n) is 3.16. The van der Waals surface area contributed by atoms with Gasteiger partial charge in [0.05, 0.1) is 5.70 Å². The highest BCUT2D eigenvalue weighted by Gasteiger charge is 2.31. The first-order valence-electron chi connectivity index (χ1n) is 5.38. The van der Waals surface area contributed by atoms with Crippen molar-refractivity contribution >= 4 is 5.91 Å². The second kappa shape index (κ2) is 3.64. The molecule has 78 valence electrons. The van der Waals surface area contributed by atoms with Crippen LogP contribution in [0.25, 0.3) is 0 Å². The Labute approximate surface area is 85.4 Å². The van der Waals surface area contributed by atoms with Gasteiger partial charge in [-0.1, -0.05) is 6.08 Å². The van der Waals surface area contributed by atoms with Crippen LogP contribution in [-0.2, 0) is 4.79 Å². The molecule has 0 N–H and O–H groups in total. The van der Waals surface area contributed by atoms with Crippen molar-refractivity contribution in [2.24, 2.45) is 0 Å². The first-order valence-corrected chi connectivity index (χ1v) is 5.38. The third kappa shape index (κ3) is 1.51. The van der Waals surface area contributed by atoms with Crippen molar-refractivity contribution in [2.45, 2.75) is 31.7 Å². The number of hydrogen-bond acceptors (Lipinski definition) is 2. The van der Waals surface area contributed by atoms with E-state index in [1.807, 2.05) is 14.1 Å². The number of carbonyl (C=O) groups is 1. The molecule has 0 aromatic heterocycles. The van der Waals surface area contributed by atoms with E-state index < -0.39 is 0 Å². The molecule has 3 nitrogen and oxygen atoms in total. The van der Waals surface area contributed by atoms with Crippen LogP contribution in [0.2, 0.25) is 0 Å². The number of amides is 1. The Balaban J connectivity index is 2.05. The van der Waals surface area contributed by atoms with E-state index in [0.29, 0.717) is 6.04 Å². The zero-order valence-corrected chi connectivity index (χ0v) is 8.99. The largest absolute Gasteiger partial charge is 0.364 e. The normalized spacial score (nSPS) is 21.9. The van der Waals surface area contributed by atoms with Crippen LogP contribution in [0.15, 0.2) is 11.8 Å². The van der Waals surface area contributed by atoms with Gasteiger partial charge < -0.3 is 9.80 Å². The average Bonchev–Trinajstić information content (AvgIpc) is 2.48. The van der Waals surface area contributed by atoms with Crippen molar-refractivity contribution in [3.05, 3.63) is 11.8 Å². The predicted molar refractivity (Wildman–Crippen MR) is 55.7 cm³/mol. The molecule has 1 heterocycles. The van der Waals surface area contributed by atoms with E-state index in [1.54, 1.807) is 4.90 Å². The lowest BCUT2D eigenvalue weighted by Gasteiger charge is -2.38. The molecule has 0 aromatic carbocycles. The van der Waals surface area contributed by atoms with Crippen molar-refractivity contribution in [3.63, 3.8) is 0 Å². The Morgan fingerprint density at radius 1 is 1.50 bits per heavy atom. The fraction of sp³-hybridized carbons (Fsp3) is 0.727. The summed E-state index contributed by atoms with van der Waals surface area (Å²) in [6, 6.07) is 0.646. The second-order valence-corrected chi connectivity index (χ2v) is 4.36. The van der Waals surface area contributed by atoms with E-state index in [1.165, 1.54) is 19.3 Å². The van der Waals surface area contributed by atoms with Crippen molar-refractivity contribution in [3.8, 4) is 0 Å². The molecule has 1 amide bonds. The number of rotatable bonds is 2. The maximum absolute atomic E-state index is 11.8. The Kier molecular flexibility index (Phi) is 2.48. The fourth-order valence-corrected chi connectivity index (χ4v) is 2.09. The van der Waals surface area contributed by atoms with Gasteiger partial charge in [-0.3, -0.25) is 4.79 Å². The molecule has 0 saturated heterocycles. The monoisotopic (exact) mass is 194 g/mol. The van der Waals surface area contributed by atoms with E-state index in [-0.39, 0.29) is 5.91 Å². The topological polar surface area (TPSA) is 23.6 Å². The minimum absolute atomic E-state index is 0.161. The van der Waals surface area contributed by atoms with E-state index in [9.17, 15) is 4.79 Å². The first-order chi connectivity index (χ1) is 6.70. The molecule has 1 aliphatic carbocycles. The van der Waals surface area contributed by atoms with E-state index in [0.717, 1.165) is 18.7 Å². The van der Waals surface area contributed by atoms with Gasteiger partial charge in [-0.2, -0.15) is 0 Å². The smallest absolute Gasteiger partial charge is 0.269 e. The van der Waals surface area contributed by atoms with Crippen LogP contribution in [0.3, 0.4) is 0 Å². The molecule has 1 saturated carbocycles. The average molecular weight is 194 g/mol. The minimum Gasteiger partial charge on any atom is -0.364 e. The van der Waals surface area contributed by atoms with Gasteiger partial charge in [-0.05, 0) is 25.7 Å². The van der Waals surface area contributed by atoms with Crippen LogP contribution in [-0.4, -0.2) is 42.4 Å². The standard InChI is InChI=1S/C11H18N2O/c1-12(2)11(14)10-7-4-8-13(10)9-5-3-6-9/h7,9H,3-6,8H2,1-2H3. The number of nitrogens with zero attached hydrogens (tertiary/aromatic N) is 2. The summed E-state index contributed by atoms with van der Waals surface area (Å²) in [4.78, 5) is 15.8. The molecule has 1 fully saturated rings. The second-order valence-electron chi connectivity index (χ2n) is 4.36. The lowest BCUT2D eigenvalue weighted by atomic mass is 9.91. The molecular formula is C11H18N2O. The van der Waals surface area contributed by atoms with E-state index in [2.05, 4.69) is 11.0 Å². The number of carbonyl (C=O) groups excluding carboxylic acids is 1. The Bertz CT molecular complexity index is 266. The van der Waals surface area contributed by atoms with Crippen molar-refractivity contribution in [1.29, 1.82) is 0 Å². The molecule has 0 unspecified atom stereocenters. The first kappa shape index (κ1) is 9.56. The summed E-state index contributed by atoms with van der Waals surface area (Å²) >= 11 is 0. The van der Waals surface area contributed by atoms with E-state index >= 15 is 0 Å². The van der Waals surface area contributed by atoms with E-state index in [4.69, 9.17) is 0 Å². The van der Waals surface area contributed by atoms with Crippen LogP contribution in [0, 0.1) is 0 Å². The van der Waals surface area contributed by atoms with Gasteiger partial charge >= 0.3 is 0 Å². The number of likely N-dealkylation sites (N-methyl/N-ethyl adjacent to an activating group) is 1.